The van der Waals surface area contributed by atoms with Gasteiger partial charge in [0.15, 0.2) is 0 Å². The Morgan fingerprint density at radius 1 is 1.22 bits per heavy atom. The number of halogens is 1. The second-order valence-electron chi connectivity index (χ2n) is 3.94. The van der Waals surface area contributed by atoms with Crippen LogP contribution in [0.2, 0.25) is 5.02 Å². The molecule has 0 aliphatic rings. The summed E-state index contributed by atoms with van der Waals surface area (Å²) in [6.45, 7) is 2.51. The number of aryl methyl sites for hydroxylation is 1. The quantitative estimate of drug-likeness (QED) is 0.915. The van der Waals surface area contributed by atoms with Crippen LogP contribution in [0.1, 0.15) is 16.8 Å². The van der Waals surface area contributed by atoms with E-state index in [2.05, 4.69) is 16.4 Å². The lowest BCUT2D eigenvalue weighted by atomic mass is 10.2. The van der Waals surface area contributed by atoms with Crippen LogP contribution in [0.25, 0.3) is 0 Å². The monoisotopic (exact) mass is 257 g/mol. The minimum atomic E-state index is 0.551. The highest BCUT2D eigenvalue weighted by Gasteiger charge is 2.03. The van der Waals surface area contributed by atoms with Crippen molar-refractivity contribution in [3.8, 4) is 6.07 Å². The molecular formula is C14H12ClN3. The molecule has 2 rings (SSSR count). The van der Waals surface area contributed by atoms with E-state index < -0.39 is 0 Å². The largest absolute Gasteiger partial charge is 0.365 e. The van der Waals surface area contributed by atoms with Gasteiger partial charge in [-0.3, -0.25) is 0 Å². The zero-order chi connectivity index (χ0) is 13.0. The van der Waals surface area contributed by atoms with Crippen molar-refractivity contribution in [2.24, 2.45) is 0 Å². The lowest BCUT2D eigenvalue weighted by molar-refractivity contribution is 1.08. The number of hydrogen-bond donors (Lipinski definition) is 1. The van der Waals surface area contributed by atoms with E-state index in [4.69, 9.17) is 16.9 Å². The Bertz CT molecular complexity index is 585. The van der Waals surface area contributed by atoms with E-state index >= 15 is 0 Å². The van der Waals surface area contributed by atoms with E-state index in [0.29, 0.717) is 22.9 Å². The first-order valence-corrected chi connectivity index (χ1v) is 5.93. The van der Waals surface area contributed by atoms with Crippen LogP contribution in [0, 0.1) is 18.3 Å². The molecule has 0 aliphatic heterocycles. The second-order valence-corrected chi connectivity index (χ2v) is 4.38. The number of nitrogens with one attached hydrogen (secondary N) is 1. The van der Waals surface area contributed by atoms with Gasteiger partial charge in [-0.2, -0.15) is 5.26 Å². The fourth-order valence-corrected chi connectivity index (χ4v) is 1.70. The first-order valence-electron chi connectivity index (χ1n) is 5.55. The Hall–Kier alpha value is -2.05. The number of anilines is 1. The van der Waals surface area contributed by atoms with Gasteiger partial charge in [0.1, 0.15) is 11.9 Å². The summed E-state index contributed by atoms with van der Waals surface area (Å²) in [5, 5.41) is 12.9. The Labute approximate surface area is 111 Å². The minimum absolute atomic E-state index is 0.551. The molecular weight excluding hydrogens is 246 g/mol. The van der Waals surface area contributed by atoms with Crippen molar-refractivity contribution in [3.63, 3.8) is 0 Å². The standard InChI is InChI=1S/C14H12ClN3/c1-10-2-5-12(8-16)14(18-10)17-9-11-3-6-13(15)7-4-11/h2-7H,9H2,1H3,(H,17,18). The summed E-state index contributed by atoms with van der Waals surface area (Å²) in [4.78, 5) is 4.32. The number of aromatic nitrogens is 1. The van der Waals surface area contributed by atoms with Gasteiger partial charge in [-0.1, -0.05) is 23.7 Å². The van der Waals surface area contributed by atoms with Crippen molar-refractivity contribution >= 4 is 17.4 Å². The van der Waals surface area contributed by atoms with E-state index in [0.717, 1.165) is 11.3 Å². The average Bonchev–Trinajstić information content (AvgIpc) is 2.38. The zero-order valence-electron chi connectivity index (χ0n) is 9.94. The third-order valence-electron chi connectivity index (χ3n) is 2.53. The summed E-state index contributed by atoms with van der Waals surface area (Å²) in [5.74, 6) is 0.618. The molecule has 3 nitrogen and oxygen atoms in total. The van der Waals surface area contributed by atoms with Gasteiger partial charge in [-0.15, -0.1) is 0 Å². The molecule has 0 aliphatic carbocycles. The predicted molar refractivity (Wildman–Crippen MR) is 72.5 cm³/mol. The van der Waals surface area contributed by atoms with Gasteiger partial charge in [0.25, 0.3) is 0 Å². The summed E-state index contributed by atoms with van der Waals surface area (Å²) in [6, 6.07) is 13.3. The summed E-state index contributed by atoms with van der Waals surface area (Å²) in [6.07, 6.45) is 0. The third-order valence-corrected chi connectivity index (χ3v) is 2.78. The fraction of sp³-hybridized carbons (Fsp3) is 0.143. The van der Waals surface area contributed by atoms with Crippen LogP contribution in [0.3, 0.4) is 0 Å². The number of benzene rings is 1. The van der Waals surface area contributed by atoms with Crippen molar-refractivity contribution < 1.29 is 0 Å². The van der Waals surface area contributed by atoms with Crippen molar-refractivity contribution in [2.45, 2.75) is 13.5 Å². The van der Waals surface area contributed by atoms with E-state index in [-0.39, 0.29) is 0 Å². The molecule has 2 aromatic rings. The molecule has 90 valence electrons. The molecule has 18 heavy (non-hydrogen) atoms. The summed E-state index contributed by atoms with van der Waals surface area (Å²) in [5.41, 5.74) is 2.52. The van der Waals surface area contributed by atoms with E-state index in [1.165, 1.54) is 0 Å². The van der Waals surface area contributed by atoms with Crippen LogP contribution in [-0.4, -0.2) is 4.98 Å². The molecule has 0 amide bonds. The predicted octanol–water partition coefficient (Wildman–Crippen LogP) is 3.53. The number of pyridine rings is 1. The molecule has 0 atom stereocenters. The van der Waals surface area contributed by atoms with Gasteiger partial charge < -0.3 is 5.32 Å². The van der Waals surface area contributed by atoms with Crippen molar-refractivity contribution in [1.29, 1.82) is 5.26 Å². The molecule has 1 aromatic carbocycles. The number of hydrogen-bond acceptors (Lipinski definition) is 3. The highest BCUT2D eigenvalue weighted by molar-refractivity contribution is 6.30. The summed E-state index contributed by atoms with van der Waals surface area (Å²) < 4.78 is 0. The molecule has 4 heteroatoms. The number of nitriles is 1. The highest BCUT2D eigenvalue weighted by Crippen LogP contribution is 2.15. The normalized spacial score (nSPS) is 9.83. The van der Waals surface area contributed by atoms with E-state index in [9.17, 15) is 0 Å². The molecule has 0 unspecified atom stereocenters. The van der Waals surface area contributed by atoms with E-state index in [1.54, 1.807) is 6.07 Å². The fourth-order valence-electron chi connectivity index (χ4n) is 1.57. The lowest BCUT2D eigenvalue weighted by Gasteiger charge is -2.08. The molecule has 0 bridgehead atoms. The van der Waals surface area contributed by atoms with Crippen molar-refractivity contribution in [2.75, 3.05) is 5.32 Å². The van der Waals surface area contributed by atoms with Crippen molar-refractivity contribution in [1.82, 2.24) is 4.98 Å². The Morgan fingerprint density at radius 2 is 1.94 bits per heavy atom. The van der Waals surface area contributed by atoms with Gasteiger partial charge >= 0.3 is 0 Å². The number of rotatable bonds is 3. The number of nitrogens with zero attached hydrogens (tertiary/aromatic N) is 2. The zero-order valence-corrected chi connectivity index (χ0v) is 10.7. The molecule has 1 heterocycles. The maximum Gasteiger partial charge on any atom is 0.144 e. The molecule has 0 radical (unpaired) electrons. The molecule has 0 spiro atoms. The SMILES string of the molecule is Cc1ccc(C#N)c(NCc2ccc(Cl)cc2)n1. The Kier molecular flexibility index (Phi) is 3.81. The minimum Gasteiger partial charge on any atom is -0.365 e. The van der Waals surface area contributed by atoms with Crippen LogP contribution in [0.15, 0.2) is 36.4 Å². The second kappa shape index (κ2) is 5.52. The maximum atomic E-state index is 9.00. The molecule has 1 aromatic heterocycles. The molecule has 0 saturated heterocycles. The first-order chi connectivity index (χ1) is 8.69. The molecule has 0 saturated carbocycles. The van der Waals surface area contributed by atoms with Gasteiger partial charge in [-0.25, -0.2) is 4.98 Å². The summed E-state index contributed by atoms with van der Waals surface area (Å²) >= 11 is 5.82. The van der Waals surface area contributed by atoms with Crippen LogP contribution >= 0.6 is 11.6 Å². The highest BCUT2D eigenvalue weighted by atomic mass is 35.5. The van der Waals surface area contributed by atoms with Gasteiger partial charge in [-0.05, 0) is 36.8 Å². The van der Waals surface area contributed by atoms with Gasteiger partial charge in [0.05, 0.1) is 5.56 Å². The maximum absolute atomic E-state index is 9.00. The average molecular weight is 258 g/mol. The van der Waals surface area contributed by atoms with Crippen molar-refractivity contribution in [3.05, 3.63) is 58.2 Å². The lowest BCUT2D eigenvalue weighted by Crippen LogP contribution is -2.04. The smallest absolute Gasteiger partial charge is 0.144 e. The Morgan fingerprint density at radius 3 is 2.61 bits per heavy atom. The van der Waals surface area contributed by atoms with Gasteiger partial charge in [0, 0.05) is 17.3 Å². The third kappa shape index (κ3) is 2.99. The van der Waals surface area contributed by atoms with Crippen LogP contribution in [0.4, 0.5) is 5.82 Å². The van der Waals surface area contributed by atoms with Crippen LogP contribution in [0.5, 0.6) is 0 Å². The first kappa shape index (κ1) is 12.4. The van der Waals surface area contributed by atoms with Crippen LogP contribution in [-0.2, 0) is 6.54 Å². The molecule has 0 fully saturated rings. The Balaban J connectivity index is 2.13. The van der Waals surface area contributed by atoms with Gasteiger partial charge in [0.2, 0.25) is 0 Å². The van der Waals surface area contributed by atoms with Crippen LogP contribution < -0.4 is 5.32 Å². The molecule has 1 N–H and O–H groups in total. The summed E-state index contributed by atoms with van der Waals surface area (Å²) in [7, 11) is 0. The topological polar surface area (TPSA) is 48.7 Å². The van der Waals surface area contributed by atoms with E-state index in [1.807, 2.05) is 37.3 Å².